The number of nitrogens with zero attached hydrogens (tertiary/aromatic N) is 4. The molecule has 1 aliphatic carbocycles. The highest BCUT2D eigenvalue weighted by atomic mass is 16.3. The molecule has 10 rings (SSSR count). The molecule has 5 heteroatoms. The van der Waals surface area contributed by atoms with Crippen molar-refractivity contribution in [2.24, 2.45) is 0 Å². The maximum absolute atomic E-state index is 6.18. The summed E-state index contributed by atoms with van der Waals surface area (Å²) in [6.45, 7) is 0. The van der Waals surface area contributed by atoms with Crippen molar-refractivity contribution in [2.45, 2.75) is 0 Å². The number of aromatic nitrogens is 4. The van der Waals surface area contributed by atoms with Gasteiger partial charge in [-0.25, -0.2) is 15.0 Å². The Bertz CT molecular complexity index is 2640. The van der Waals surface area contributed by atoms with Crippen LogP contribution in [-0.4, -0.2) is 19.9 Å². The molecule has 3 heterocycles. The highest BCUT2D eigenvalue weighted by molar-refractivity contribution is 6.18. The van der Waals surface area contributed by atoms with Crippen molar-refractivity contribution >= 4 is 43.5 Å². The maximum atomic E-state index is 6.18. The minimum absolute atomic E-state index is 0.597. The Morgan fingerprint density at radius 1 is 0.422 bits per heavy atom. The van der Waals surface area contributed by atoms with Gasteiger partial charge in [0.05, 0.1) is 6.20 Å². The average molecular weight is 575 g/mol. The van der Waals surface area contributed by atoms with E-state index in [1.54, 1.807) is 12.4 Å². The van der Waals surface area contributed by atoms with E-state index in [0.717, 1.165) is 49.4 Å². The van der Waals surface area contributed by atoms with Crippen molar-refractivity contribution in [1.82, 2.24) is 19.9 Å². The Labute approximate surface area is 257 Å². The lowest BCUT2D eigenvalue weighted by atomic mass is 9.98. The van der Waals surface area contributed by atoms with Crippen LogP contribution in [0.3, 0.4) is 0 Å². The molecular formula is C40H22N4O. The molecule has 6 aromatic carbocycles. The number of pyridine rings is 1. The first-order chi connectivity index (χ1) is 22.3. The second kappa shape index (κ2) is 9.15. The van der Waals surface area contributed by atoms with Gasteiger partial charge in [0.2, 0.25) is 0 Å². The first-order valence-electron chi connectivity index (χ1n) is 15.0. The van der Waals surface area contributed by atoms with Crippen LogP contribution in [0, 0.1) is 0 Å². The predicted octanol–water partition coefficient (Wildman–Crippen LogP) is 10.1. The summed E-state index contributed by atoms with van der Waals surface area (Å²) in [5.41, 5.74) is 9.31. The lowest BCUT2D eigenvalue weighted by Gasteiger charge is -2.12. The van der Waals surface area contributed by atoms with E-state index in [4.69, 9.17) is 19.4 Å². The van der Waals surface area contributed by atoms with Gasteiger partial charge in [-0.1, -0.05) is 97.1 Å². The second-order valence-electron chi connectivity index (χ2n) is 11.5. The van der Waals surface area contributed by atoms with Crippen LogP contribution < -0.4 is 0 Å². The van der Waals surface area contributed by atoms with Crippen molar-refractivity contribution in [3.63, 3.8) is 0 Å². The molecule has 0 saturated carbocycles. The van der Waals surface area contributed by atoms with Gasteiger partial charge >= 0.3 is 0 Å². The van der Waals surface area contributed by atoms with Crippen molar-refractivity contribution in [2.75, 3.05) is 0 Å². The van der Waals surface area contributed by atoms with Gasteiger partial charge in [0.1, 0.15) is 5.58 Å². The van der Waals surface area contributed by atoms with Crippen LogP contribution in [-0.2, 0) is 0 Å². The molecular weight excluding hydrogens is 552 g/mol. The summed E-state index contributed by atoms with van der Waals surface area (Å²) in [5, 5.41) is 6.62. The van der Waals surface area contributed by atoms with Crippen molar-refractivity contribution in [3.8, 4) is 56.4 Å². The van der Waals surface area contributed by atoms with Gasteiger partial charge in [-0.2, -0.15) is 0 Å². The molecule has 3 aromatic heterocycles. The first-order valence-corrected chi connectivity index (χ1v) is 15.0. The first kappa shape index (κ1) is 24.3. The third kappa shape index (κ3) is 3.55. The van der Waals surface area contributed by atoms with Crippen molar-refractivity contribution in [3.05, 3.63) is 134 Å². The van der Waals surface area contributed by atoms with E-state index in [2.05, 4.69) is 108 Å². The fourth-order valence-corrected chi connectivity index (χ4v) is 6.94. The molecule has 0 N–H and O–H groups in total. The molecule has 0 fully saturated rings. The number of rotatable bonds is 3. The zero-order chi connectivity index (χ0) is 29.5. The van der Waals surface area contributed by atoms with Crippen LogP contribution in [0.25, 0.3) is 99.9 Å². The molecule has 0 aliphatic heterocycles. The minimum Gasteiger partial charge on any atom is -0.454 e. The summed E-state index contributed by atoms with van der Waals surface area (Å²) in [7, 11) is 0. The number of benzene rings is 6. The van der Waals surface area contributed by atoms with E-state index in [-0.39, 0.29) is 0 Å². The zero-order valence-corrected chi connectivity index (χ0v) is 23.9. The number of hydrogen-bond donors (Lipinski definition) is 0. The fraction of sp³-hybridized carbons (Fsp3) is 0. The highest BCUT2D eigenvalue weighted by Crippen LogP contribution is 2.49. The summed E-state index contributed by atoms with van der Waals surface area (Å²) in [6, 6.07) is 42.2. The van der Waals surface area contributed by atoms with Crippen LogP contribution in [0.1, 0.15) is 0 Å². The molecule has 0 saturated heterocycles. The Morgan fingerprint density at radius 3 is 2.00 bits per heavy atom. The van der Waals surface area contributed by atoms with Gasteiger partial charge in [0, 0.05) is 33.7 Å². The second-order valence-corrected chi connectivity index (χ2v) is 11.5. The average Bonchev–Trinajstić information content (AvgIpc) is 3.65. The number of fused-ring (bicyclic) bond motifs is 7. The van der Waals surface area contributed by atoms with E-state index >= 15 is 0 Å². The van der Waals surface area contributed by atoms with Crippen LogP contribution in [0.2, 0.25) is 0 Å². The van der Waals surface area contributed by atoms with Crippen LogP contribution >= 0.6 is 0 Å². The molecule has 0 spiro atoms. The summed E-state index contributed by atoms with van der Waals surface area (Å²) >= 11 is 0. The van der Waals surface area contributed by atoms with Crippen LogP contribution in [0.5, 0.6) is 0 Å². The quantitative estimate of drug-likeness (QED) is 0.210. The third-order valence-corrected chi connectivity index (χ3v) is 8.97. The summed E-state index contributed by atoms with van der Waals surface area (Å²) in [4.78, 5) is 19.8. The Kier molecular flexibility index (Phi) is 4.93. The predicted molar refractivity (Wildman–Crippen MR) is 181 cm³/mol. The third-order valence-electron chi connectivity index (χ3n) is 8.97. The van der Waals surface area contributed by atoms with Crippen molar-refractivity contribution < 1.29 is 4.42 Å². The molecule has 0 unspecified atom stereocenters. The molecule has 9 aromatic rings. The number of furan rings is 1. The fourth-order valence-electron chi connectivity index (χ4n) is 6.94. The summed E-state index contributed by atoms with van der Waals surface area (Å²) in [6.07, 6.45) is 3.54. The topological polar surface area (TPSA) is 64.7 Å². The van der Waals surface area contributed by atoms with Crippen LogP contribution in [0.15, 0.2) is 138 Å². The van der Waals surface area contributed by atoms with E-state index < -0.39 is 0 Å². The molecule has 45 heavy (non-hydrogen) atoms. The monoisotopic (exact) mass is 574 g/mol. The Hall–Kier alpha value is -6.20. The molecule has 208 valence electrons. The van der Waals surface area contributed by atoms with E-state index in [9.17, 15) is 0 Å². The van der Waals surface area contributed by atoms with Gasteiger partial charge in [0.15, 0.2) is 23.1 Å². The van der Waals surface area contributed by atoms with E-state index in [0.29, 0.717) is 17.5 Å². The Morgan fingerprint density at radius 2 is 1.11 bits per heavy atom. The molecule has 0 radical (unpaired) electrons. The molecule has 0 bridgehead atoms. The standard InChI is InChI=1S/C40H22N4O/c1-2-8-24-21-25(16-15-23(24)7-1)38-42-39(31-18-17-30-27-10-4-3-9-26(27)28-11-5-12-29(31)36(28)30)44-40(43-38)33-13-6-14-34-37(33)32-19-20-41-22-35(32)45-34/h1-22H. The molecule has 0 atom stereocenters. The van der Waals surface area contributed by atoms with Gasteiger partial charge in [0.25, 0.3) is 0 Å². The molecule has 5 nitrogen and oxygen atoms in total. The largest absolute Gasteiger partial charge is 0.454 e. The lowest BCUT2D eigenvalue weighted by molar-refractivity contribution is 0.667. The summed E-state index contributed by atoms with van der Waals surface area (Å²) < 4.78 is 6.18. The highest BCUT2D eigenvalue weighted by Gasteiger charge is 2.24. The molecule has 1 aliphatic rings. The van der Waals surface area contributed by atoms with Gasteiger partial charge < -0.3 is 4.42 Å². The Balaban J connectivity index is 1.27. The normalized spacial score (nSPS) is 12.0. The maximum Gasteiger partial charge on any atom is 0.164 e. The number of hydrogen-bond acceptors (Lipinski definition) is 5. The van der Waals surface area contributed by atoms with E-state index in [1.807, 2.05) is 18.2 Å². The van der Waals surface area contributed by atoms with Gasteiger partial charge in [-0.15, -0.1) is 0 Å². The van der Waals surface area contributed by atoms with Gasteiger partial charge in [-0.3, -0.25) is 4.98 Å². The molecule has 0 amide bonds. The SMILES string of the molecule is c1ccc2c(c1)-c1cccc3c(-c4nc(-c5ccc6ccccc6c5)nc(-c5cccc6oc7cnccc7c56)n4)ccc-2c13. The van der Waals surface area contributed by atoms with Gasteiger partial charge in [-0.05, 0) is 68.1 Å². The zero-order valence-electron chi connectivity index (χ0n) is 23.9. The smallest absolute Gasteiger partial charge is 0.164 e. The van der Waals surface area contributed by atoms with Crippen LogP contribution in [0.4, 0.5) is 0 Å². The summed E-state index contributed by atoms with van der Waals surface area (Å²) in [5.74, 6) is 1.85. The minimum atomic E-state index is 0.597. The lowest BCUT2D eigenvalue weighted by Crippen LogP contribution is -2.01. The van der Waals surface area contributed by atoms with Crippen molar-refractivity contribution in [1.29, 1.82) is 0 Å². The van der Waals surface area contributed by atoms with E-state index in [1.165, 1.54) is 33.0 Å².